The molecule has 170 valence electrons. The number of amides is 1. The van der Waals surface area contributed by atoms with Crippen LogP contribution in [0.25, 0.3) is 10.8 Å². The van der Waals surface area contributed by atoms with Crippen molar-refractivity contribution in [2.24, 2.45) is 5.10 Å². The van der Waals surface area contributed by atoms with Crippen molar-refractivity contribution in [3.8, 4) is 17.2 Å². The number of halogens is 1. The zero-order valence-electron chi connectivity index (χ0n) is 18.0. The standard InChI is InChI=1S/C26H19ClN2O5/c1-33-24-12-16(10-11-23(24)34-26(32)19-8-4-5-9-21(19)27)15-28-29-25(31)20-13-17-6-2-3-7-18(17)14-22(20)30/h2-15,30H,1H3,(H,29,31)/b28-15+. The first-order valence-electron chi connectivity index (χ1n) is 10.2. The number of nitrogens with one attached hydrogen (secondary N) is 1. The summed E-state index contributed by atoms with van der Waals surface area (Å²) < 4.78 is 10.7. The van der Waals surface area contributed by atoms with E-state index in [2.05, 4.69) is 10.5 Å². The molecule has 0 aliphatic heterocycles. The fourth-order valence-electron chi connectivity index (χ4n) is 3.27. The van der Waals surface area contributed by atoms with Crippen LogP contribution in [0.5, 0.6) is 17.2 Å². The van der Waals surface area contributed by atoms with E-state index in [1.165, 1.54) is 19.4 Å². The number of methoxy groups -OCH3 is 1. The zero-order valence-corrected chi connectivity index (χ0v) is 18.7. The topological polar surface area (TPSA) is 97.2 Å². The van der Waals surface area contributed by atoms with Gasteiger partial charge in [-0.25, -0.2) is 10.2 Å². The Morgan fingerprint density at radius 1 is 0.912 bits per heavy atom. The van der Waals surface area contributed by atoms with Gasteiger partial charge in [0.1, 0.15) is 5.75 Å². The van der Waals surface area contributed by atoms with Crippen LogP contribution in [-0.2, 0) is 0 Å². The second-order valence-electron chi connectivity index (χ2n) is 7.20. The molecule has 4 rings (SSSR count). The molecule has 4 aromatic rings. The summed E-state index contributed by atoms with van der Waals surface area (Å²) >= 11 is 6.05. The lowest BCUT2D eigenvalue weighted by molar-refractivity contribution is 0.0729. The number of nitrogens with zero attached hydrogens (tertiary/aromatic N) is 1. The summed E-state index contributed by atoms with van der Waals surface area (Å²) in [5.41, 5.74) is 3.32. The quantitative estimate of drug-likeness (QED) is 0.173. The molecule has 1 amide bonds. The highest BCUT2D eigenvalue weighted by atomic mass is 35.5. The maximum Gasteiger partial charge on any atom is 0.345 e. The largest absolute Gasteiger partial charge is 0.507 e. The smallest absolute Gasteiger partial charge is 0.345 e. The summed E-state index contributed by atoms with van der Waals surface area (Å²) in [6, 6.07) is 21.9. The van der Waals surface area contributed by atoms with E-state index in [0.29, 0.717) is 11.3 Å². The molecule has 0 aliphatic carbocycles. The number of ether oxygens (including phenoxy) is 2. The Morgan fingerprint density at radius 2 is 1.62 bits per heavy atom. The molecule has 0 saturated heterocycles. The number of phenolic OH excluding ortho intramolecular Hbond substituents is 1. The van der Waals surface area contributed by atoms with Crippen LogP contribution in [0, 0.1) is 0 Å². The Kier molecular flexibility index (Phi) is 6.75. The van der Waals surface area contributed by atoms with Gasteiger partial charge in [-0.3, -0.25) is 4.79 Å². The van der Waals surface area contributed by atoms with E-state index in [1.54, 1.807) is 48.5 Å². The third kappa shape index (κ3) is 5.00. The van der Waals surface area contributed by atoms with E-state index in [-0.39, 0.29) is 27.6 Å². The molecule has 0 aliphatic rings. The molecule has 0 bridgehead atoms. The first-order valence-corrected chi connectivity index (χ1v) is 10.5. The van der Waals surface area contributed by atoms with Crippen molar-refractivity contribution in [2.45, 2.75) is 0 Å². The lowest BCUT2D eigenvalue weighted by Crippen LogP contribution is -2.17. The molecule has 4 aromatic carbocycles. The summed E-state index contributed by atoms with van der Waals surface area (Å²) in [6.07, 6.45) is 1.40. The monoisotopic (exact) mass is 474 g/mol. The molecule has 2 N–H and O–H groups in total. The number of benzene rings is 4. The minimum Gasteiger partial charge on any atom is -0.507 e. The van der Waals surface area contributed by atoms with Crippen molar-refractivity contribution in [1.82, 2.24) is 5.43 Å². The maximum atomic E-state index is 12.5. The molecular formula is C26H19ClN2O5. The molecule has 0 aromatic heterocycles. The highest BCUT2D eigenvalue weighted by Gasteiger charge is 2.15. The van der Waals surface area contributed by atoms with Crippen molar-refractivity contribution in [3.63, 3.8) is 0 Å². The van der Waals surface area contributed by atoms with Crippen LogP contribution in [-0.4, -0.2) is 30.3 Å². The second kappa shape index (κ2) is 10.1. The van der Waals surface area contributed by atoms with E-state index in [1.807, 2.05) is 24.3 Å². The van der Waals surface area contributed by atoms with Gasteiger partial charge in [0.25, 0.3) is 5.91 Å². The van der Waals surface area contributed by atoms with Crippen LogP contribution in [0.3, 0.4) is 0 Å². The van der Waals surface area contributed by atoms with Gasteiger partial charge in [0.2, 0.25) is 0 Å². The molecule has 7 nitrogen and oxygen atoms in total. The number of fused-ring (bicyclic) bond motifs is 1. The predicted octanol–water partition coefficient (Wildman–Crippen LogP) is 5.19. The maximum absolute atomic E-state index is 12.5. The van der Waals surface area contributed by atoms with Crippen LogP contribution >= 0.6 is 11.6 Å². The van der Waals surface area contributed by atoms with Crippen LogP contribution in [0.1, 0.15) is 26.3 Å². The van der Waals surface area contributed by atoms with E-state index >= 15 is 0 Å². The Labute approximate surface area is 200 Å². The second-order valence-corrected chi connectivity index (χ2v) is 7.60. The summed E-state index contributed by atoms with van der Waals surface area (Å²) in [6.45, 7) is 0. The number of hydrazone groups is 1. The van der Waals surface area contributed by atoms with Crippen LogP contribution in [0.4, 0.5) is 0 Å². The molecule has 0 spiro atoms. The van der Waals surface area contributed by atoms with Gasteiger partial charge in [-0.05, 0) is 58.8 Å². The third-order valence-corrected chi connectivity index (χ3v) is 5.30. The summed E-state index contributed by atoms with van der Waals surface area (Å²) in [5, 5.41) is 16.1. The predicted molar refractivity (Wildman–Crippen MR) is 130 cm³/mol. The minimum absolute atomic E-state index is 0.107. The van der Waals surface area contributed by atoms with E-state index < -0.39 is 11.9 Å². The van der Waals surface area contributed by atoms with Crippen LogP contribution in [0.15, 0.2) is 84.0 Å². The van der Waals surface area contributed by atoms with Gasteiger partial charge in [-0.2, -0.15) is 5.10 Å². The van der Waals surface area contributed by atoms with E-state index in [4.69, 9.17) is 21.1 Å². The summed E-state index contributed by atoms with van der Waals surface area (Å²) in [5.74, 6) is -0.820. The molecule has 0 saturated carbocycles. The van der Waals surface area contributed by atoms with Gasteiger partial charge < -0.3 is 14.6 Å². The number of esters is 1. The number of hydrogen-bond donors (Lipinski definition) is 2. The van der Waals surface area contributed by atoms with Crippen LogP contribution in [0.2, 0.25) is 5.02 Å². The first-order chi connectivity index (χ1) is 16.5. The van der Waals surface area contributed by atoms with Gasteiger partial charge in [-0.15, -0.1) is 0 Å². The summed E-state index contributed by atoms with van der Waals surface area (Å²) in [4.78, 5) is 24.9. The zero-order chi connectivity index (χ0) is 24.1. The molecular weight excluding hydrogens is 456 g/mol. The number of aromatic hydroxyl groups is 1. The van der Waals surface area contributed by atoms with Crippen LogP contribution < -0.4 is 14.9 Å². The van der Waals surface area contributed by atoms with E-state index in [0.717, 1.165) is 10.8 Å². The van der Waals surface area contributed by atoms with Crippen molar-refractivity contribution >= 4 is 40.5 Å². The first kappa shape index (κ1) is 22.8. The van der Waals surface area contributed by atoms with Gasteiger partial charge in [0.15, 0.2) is 11.5 Å². The molecule has 0 unspecified atom stereocenters. The molecule has 0 radical (unpaired) electrons. The Hall–Kier alpha value is -4.36. The van der Waals surface area contributed by atoms with Crippen molar-refractivity contribution < 1.29 is 24.2 Å². The van der Waals surface area contributed by atoms with Gasteiger partial charge in [0, 0.05) is 0 Å². The molecule has 8 heteroatoms. The van der Waals surface area contributed by atoms with Gasteiger partial charge >= 0.3 is 5.97 Å². The average Bonchev–Trinajstić information content (AvgIpc) is 2.84. The third-order valence-electron chi connectivity index (χ3n) is 4.97. The number of phenols is 1. The van der Waals surface area contributed by atoms with Crippen molar-refractivity contribution in [1.29, 1.82) is 0 Å². The van der Waals surface area contributed by atoms with Crippen molar-refractivity contribution in [2.75, 3.05) is 7.11 Å². The Morgan fingerprint density at radius 3 is 2.35 bits per heavy atom. The highest BCUT2D eigenvalue weighted by molar-refractivity contribution is 6.33. The number of carbonyl (C=O) groups excluding carboxylic acids is 2. The molecule has 0 fully saturated rings. The number of rotatable bonds is 6. The number of carbonyl (C=O) groups is 2. The normalized spacial score (nSPS) is 10.9. The SMILES string of the molecule is COc1cc(/C=N/NC(=O)c2cc3ccccc3cc2O)ccc1OC(=O)c1ccccc1Cl. The lowest BCUT2D eigenvalue weighted by atomic mass is 10.1. The fraction of sp³-hybridized carbons (Fsp3) is 0.0385. The number of hydrogen-bond acceptors (Lipinski definition) is 6. The highest BCUT2D eigenvalue weighted by Crippen LogP contribution is 2.29. The molecule has 0 heterocycles. The minimum atomic E-state index is -0.618. The fourth-order valence-corrected chi connectivity index (χ4v) is 3.48. The lowest BCUT2D eigenvalue weighted by Gasteiger charge is -2.10. The summed E-state index contributed by atoms with van der Waals surface area (Å²) in [7, 11) is 1.44. The van der Waals surface area contributed by atoms with E-state index in [9.17, 15) is 14.7 Å². The van der Waals surface area contributed by atoms with Crippen molar-refractivity contribution in [3.05, 3.63) is 101 Å². The van der Waals surface area contributed by atoms with Gasteiger partial charge in [0.05, 0.1) is 29.5 Å². The Balaban J connectivity index is 1.46. The molecule has 34 heavy (non-hydrogen) atoms. The molecule has 0 atom stereocenters. The van der Waals surface area contributed by atoms with Gasteiger partial charge in [-0.1, -0.05) is 48.0 Å². The Bertz CT molecular complexity index is 1420. The average molecular weight is 475 g/mol.